The average Bonchev–Trinajstić information content (AvgIpc) is 2.45. The van der Waals surface area contributed by atoms with E-state index in [-0.39, 0.29) is 25.3 Å². The lowest BCUT2D eigenvalue weighted by molar-refractivity contribution is -0.384. The van der Waals surface area contributed by atoms with Gasteiger partial charge < -0.3 is 9.47 Å². The molecule has 7 nitrogen and oxygen atoms in total. The minimum Gasteiger partial charge on any atom is -0.463 e. The van der Waals surface area contributed by atoms with Crippen molar-refractivity contribution in [3.05, 3.63) is 46.0 Å². The molecule has 21 heavy (non-hydrogen) atoms. The highest BCUT2D eigenvalue weighted by Gasteiger charge is 2.08. The molecule has 112 valence electrons. The molecule has 0 heterocycles. The first kappa shape index (κ1) is 16.5. The van der Waals surface area contributed by atoms with Crippen LogP contribution >= 0.6 is 0 Å². The summed E-state index contributed by atoms with van der Waals surface area (Å²) >= 11 is 0. The number of benzene rings is 1. The molecule has 0 aliphatic rings. The number of non-ortho nitro benzene ring substituents is 1. The minimum absolute atomic E-state index is 0.0661. The second-order valence-corrected chi connectivity index (χ2v) is 4.04. The van der Waals surface area contributed by atoms with Gasteiger partial charge in [-0.05, 0) is 11.6 Å². The number of hydrogen-bond donors (Lipinski definition) is 0. The number of ketones is 1. The van der Waals surface area contributed by atoms with Crippen LogP contribution in [0.25, 0.3) is 6.08 Å². The van der Waals surface area contributed by atoms with Crippen LogP contribution < -0.4 is 0 Å². The summed E-state index contributed by atoms with van der Waals surface area (Å²) in [4.78, 5) is 32.9. The van der Waals surface area contributed by atoms with Crippen molar-refractivity contribution >= 4 is 23.5 Å². The Balaban J connectivity index is 2.52. The molecule has 0 aliphatic carbocycles. The fourth-order valence-electron chi connectivity index (χ4n) is 1.42. The van der Waals surface area contributed by atoms with Gasteiger partial charge in [0.25, 0.3) is 5.69 Å². The lowest BCUT2D eigenvalue weighted by Gasteiger charge is -2.01. The number of nitro groups is 1. The predicted molar refractivity (Wildman–Crippen MR) is 74.6 cm³/mol. The maximum Gasteiger partial charge on any atom is 0.313 e. The molecule has 0 spiro atoms. The lowest BCUT2D eigenvalue weighted by atomic mass is 10.1. The second-order valence-electron chi connectivity index (χ2n) is 4.04. The summed E-state index contributed by atoms with van der Waals surface area (Å²) in [6.07, 6.45) is 2.23. The van der Waals surface area contributed by atoms with Crippen molar-refractivity contribution in [3.8, 4) is 0 Å². The van der Waals surface area contributed by atoms with E-state index in [1.807, 2.05) is 0 Å². The van der Waals surface area contributed by atoms with Crippen molar-refractivity contribution in [2.45, 2.75) is 6.42 Å². The summed E-state index contributed by atoms with van der Waals surface area (Å²) in [6.45, 7) is 0.362. The van der Waals surface area contributed by atoms with Crippen LogP contribution in [-0.4, -0.2) is 37.0 Å². The molecule has 0 aromatic heterocycles. The van der Waals surface area contributed by atoms with E-state index in [1.165, 1.54) is 37.5 Å². The van der Waals surface area contributed by atoms with Gasteiger partial charge >= 0.3 is 5.97 Å². The van der Waals surface area contributed by atoms with Crippen molar-refractivity contribution in [3.63, 3.8) is 0 Å². The highest BCUT2D eigenvalue weighted by molar-refractivity contribution is 6.03. The number of carbonyl (C=O) groups excluding carboxylic acids is 2. The summed E-state index contributed by atoms with van der Waals surface area (Å²) in [6, 6.07) is 5.82. The first-order valence-electron chi connectivity index (χ1n) is 6.13. The molecule has 0 aliphatic heterocycles. The molecule has 0 atom stereocenters. The van der Waals surface area contributed by atoms with E-state index in [2.05, 4.69) is 0 Å². The molecular weight excluding hydrogens is 278 g/mol. The van der Waals surface area contributed by atoms with Gasteiger partial charge in [-0.2, -0.15) is 0 Å². The van der Waals surface area contributed by atoms with Gasteiger partial charge in [-0.1, -0.05) is 18.2 Å². The number of nitro benzene ring substituents is 1. The summed E-state index contributed by atoms with van der Waals surface area (Å²) in [5.41, 5.74) is 0.439. The molecular formula is C14H15NO6. The number of carbonyl (C=O) groups is 2. The van der Waals surface area contributed by atoms with Crippen molar-refractivity contribution in [2.75, 3.05) is 20.3 Å². The number of allylic oxidation sites excluding steroid dienone is 1. The van der Waals surface area contributed by atoms with Crippen molar-refractivity contribution in [2.24, 2.45) is 0 Å². The minimum atomic E-state index is -0.638. The Bertz CT molecular complexity index is 552. The molecule has 7 heteroatoms. The molecule has 0 radical (unpaired) electrons. The van der Waals surface area contributed by atoms with Crippen LogP contribution in [0.15, 0.2) is 30.3 Å². The molecule has 0 bridgehead atoms. The number of ether oxygens (including phenoxy) is 2. The van der Waals surface area contributed by atoms with E-state index in [4.69, 9.17) is 9.47 Å². The van der Waals surface area contributed by atoms with Gasteiger partial charge in [-0.3, -0.25) is 19.7 Å². The van der Waals surface area contributed by atoms with Gasteiger partial charge in [-0.15, -0.1) is 0 Å². The van der Waals surface area contributed by atoms with Crippen molar-refractivity contribution in [1.82, 2.24) is 0 Å². The molecule has 0 amide bonds. The van der Waals surface area contributed by atoms with Gasteiger partial charge in [-0.25, -0.2) is 0 Å². The molecule has 0 N–H and O–H groups in total. The Morgan fingerprint density at radius 2 is 2.10 bits per heavy atom. The molecule has 0 unspecified atom stereocenters. The van der Waals surface area contributed by atoms with Gasteiger partial charge in [0.2, 0.25) is 0 Å². The third-order valence-corrected chi connectivity index (χ3v) is 2.41. The van der Waals surface area contributed by atoms with E-state index in [9.17, 15) is 19.7 Å². The van der Waals surface area contributed by atoms with Crippen LogP contribution in [0.5, 0.6) is 0 Å². The van der Waals surface area contributed by atoms with E-state index in [0.717, 1.165) is 0 Å². The number of esters is 1. The van der Waals surface area contributed by atoms with Gasteiger partial charge in [0, 0.05) is 19.2 Å². The Kier molecular flexibility index (Phi) is 6.76. The standard InChI is InChI=1S/C14H15NO6/c1-20-7-8-21-14(17)10-13(16)6-5-11-3-2-4-12(9-11)15(18)19/h2-6,9H,7-8,10H2,1H3/b6-5+. The molecule has 0 saturated carbocycles. The highest BCUT2D eigenvalue weighted by Crippen LogP contribution is 2.14. The topological polar surface area (TPSA) is 95.7 Å². The van der Waals surface area contributed by atoms with Crippen LogP contribution in [0, 0.1) is 10.1 Å². The number of rotatable bonds is 8. The van der Waals surface area contributed by atoms with Crippen LogP contribution in [0.2, 0.25) is 0 Å². The molecule has 1 rings (SSSR count). The van der Waals surface area contributed by atoms with Crippen LogP contribution in [0.3, 0.4) is 0 Å². The Labute approximate surface area is 121 Å². The lowest BCUT2D eigenvalue weighted by Crippen LogP contribution is -2.12. The zero-order valence-electron chi connectivity index (χ0n) is 11.5. The smallest absolute Gasteiger partial charge is 0.313 e. The zero-order chi connectivity index (χ0) is 15.7. The van der Waals surface area contributed by atoms with Crippen LogP contribution in [0.4, 0.5) is 5.69 Å². The Morgan fingerprint density at radius 3 is 2.76 bits per heavy atom. The Hall–Kier alpha value is -2.54. The van der Waals surface area contributed by atoms with E-state index in [0.29, 0.717) is 5.56 Å². The summed E-state index contributed by atoms with van der Waals surface area (Å²) in [5.74, 6) is -1.08. The maximum atomic E-state index is 11.5. The Morgan fingerprint density at radius 1 is 1.33 bits per heavy atom. The van der Waals surface area contributed by atoms with E-state index < -0.39 is 16.7 Å². The quantitative estimate of drug-likeness (QED) is 0.181. The highest BCUT2D eigenvalue weighted by atomic mass is 16.6. The monoisotopic (exact) mass is 293 g/mol. The van der Waals surface area contributed by atoms with Crippen molar-refractivity contribution < 1.29 is 24.0 Å². The first-order chi connectivity index (χ1) is 10.0. The van der Waals surface area contributed by atoms with Crippen molar-refractivity contribution in [1.29, 1.82) is 0 Å². The van der Waals surface area contributed by atoms with E-state index in [1.54, 1.807) is 6.07 Å². The van der Waals surface area contributed by atoms with Crippen LogP contribution in [0.1, 0.15) is 12.0 Å². The molecule has 1 aromatic rings. The van der Waals surface area contributed by atoms with Gasteiger partial charge in [0.05, 0.1) is 11.5 Å². The fraction of sp³-hybridized carbons (Fsp3) is 0.286. The van der Waals surface area contributed by atoms with E-state index >= 15 is 0 Å². The SMILES string of the molecule is COCCOC(=O)CC(=O)/C=C/c1cccc([N+](=O)[O-])c1. The molecule has 0 saturated heterocycles. The summed E-state index contributed by atoms with van der Waals surface area (Å²) in [7, 11) is 1.47. The molecule has 0 fully saturated rings. The fourth-order valence-corrected chi connectivity index (χ4v) is 1.42. The number of nitrogens with zero attached hydrogens (tertiary/aromatic N) is 1. The molecule has 1 aromatic carbocycles. The summed E-state index contributed by atoms with van der Waals surface area (Å²) < 4.78 is 9.45. The number of hydrogen-bond acceptors (Lipinski definition) is 6. The largest absolute Gasteiger partial charge is 0.463 e. The third-order valence-electron chi connectivity index (χ3n) is 2.41. The summed E-state index contributed by atoms with van der Waals surface area (Å²) in [5, 5.41) is 10.6. The zero-order valence-corrected chi connectivity index (χ0v) is 11.5. The first-order valence-corrected chi connectivity index (χ1v) is 6.13. The normalized spacial score (nSPS) is 10.5. The van der Waals surface area contributed by atoms with Gasteiger partial charge in [0.15, 0.2) is 5.78 Å². The van der Waals surface area contributed by atoms with Crippen LogP contribution in [-0.2, 0) is 19.1 Å². The average molecular weight is 293 g/mol. The predicted octanol–water partition coefficient (Wildman–Crippen LogP) is 1.76. The number of methoxy groups -OCH3 is 1. The second kappa shape index (κ2) is 8.60. The van der Waals surface area contributed by atoms with Gasteiger partial charge in [0.1, 0.15) is 13.0 Å². The third kappa shape index (κ3) is 6.44. The maximum absolute atomic E-state index is 11.5.